The van der Waals surface area contributed by atoms with Crippen molar-refractivity contribution in [3.63, 3.8) is 0 Å². The SMILES string of the molecule is CCCCCCCCCCCCCCCCCCCCCC/C=C/CC/C=C/CC/C=C/C(O)C(CO)NC(C)=O. The minimum Gasteiger partial charge on any atom is -0.394 e. The molecule has 0 bridgehead atoms. The van der Waals surface area contributed by atoms with E-state index in [1.54, 1.807) is 6.08 Å². The third-order valence-corrected chi connectivity index (χ3v) is 7.89. The Hall–Kier alpha value is -1.39. The Balaban J connectivity index is 3.33. The summed E-state index contributed by atoms with van der Waals surface area (Å²) in [4.78, 5) is 11.1. The maximum atomic E-state index is 11.1. The van der Waals surface area contributed by atoms with Gasteiger partial charge < -0.3 is 15.5 Å². The summed E-state index contributed by atoms with van der Waals surface area (Å²) in [5.41, 5.74) is 0. The van der Waals surface area contributed by atoms with Gasteiger partial charge >= 0.3 is 0 Å². The first-order valence-corrected chi connectivity index (χ1v) is 17.6. The number of rotatable bonds is 31. The summed E-state index contributed by atoms with van der Waals surface area (Å²) in [5.74, 6) is -0.255. The second-order valence-corrected chi connectivity index (χ2v) is 12.0. The lowest BCUT2D eigenvalue weighted by molar-refractivity contribution is -0.120. The van der Waals surface area contributed by atoms with Crippen LogP contribution in [0.5, 0.6) is 0 Å². The topological polar surface area (TPSA) is 69.6 Å². The van der Waals surface area contributed by atoms with E-state index in [9.17, 15) is 15.0 Å². The number of nitrogens with one attached hydrogen (secondary N) is 1. The second kappa shape index (κ2) is 33.1. The number of hydrogen-bond acceptors (Lipinski definition) is 3. The van der Waals surface area contributed by atoms with E-state index in [-0.39, 0.29) is 12.5 Å². The lowest BCUT2D eigenvalue weighted by Gasteiger charge is -2.18. The van der Waals surface area contributed by atoms with Gasteiger partial charge in [0.1, 0.15) is 0 Å². The maximum absolute atomic E-state index is 11.1. The van der Waals surface area contributed by atoms with E-state index in [0.29, 0.717) is 0 Å². The molecule has 0 aliphatic carbocycles. The summed E-state index contributed by atoms with van der Waals surface area (Å²) < 4.78 is 0. The molecule has 4 nitrogen and oxygen atoms in total. The van der Waals surface area contributed by atoms with Crippen LogP contribution in [0.25, 0.3) is 0 Å². The first-order chi connectivity index (χ1) is 20.1. The van der Waals surface area contributed by atoms with Gasteiger partial charge in [-0.1, -0.05) is 165 Å². The quantitative estimate of drug-likeness (QED) is 0.0569. The van der Waals surface area contributed by atoms with Crippen molar-refractivity contribution in [3.8, 4) is 0 Å². The molecule has 4 heteroatoms. The van der Waals surface area contributed by atoms with Crippen molar-refractivity contribution in [2.24, 2.45) is 0 Å². The Morgan fingerprint density at radius 1 is 0.561 bits per heavy atom. The Morgan fingerprint density at radius 3 is 1.27 bits per heavy atom. The molecule has 1 amide bonds. The first kappa shape index (κ1) is 39.6. The molecular formula is C37H69NO3. The van der Waals surface area contributed by atoms with Crippen LogP contribution in [-0.4, -0.2) is 34.9 Å². The maximum Gasteiger partial charge on any atom is 0.217 e. The van der Waals surface area contributed by atoms with Crippen LogP contribution in [0.1, 0.15) is 174 Å². The summed E-state index contributed by atoms with van der Waals surface area (Å²) in [7, 11) is 0. The fourth-order valence-corrected chi connectivity index (χ4v) is 5.24. The van der Waals surface area contributed by atoms with E-state index in [0.717, 1.165) is 25.7 Å². The Morgan fingerprint density at radius 2 is 0.902 bits per heavy atom. The van der Waals surface area contributed by atoms with Crippen LogP contribution < -0.4 is 5.32 Å². The van der Waals surface area contributed by atoms with Crippen LogP contribution in [0, 0.1) is 0 Å². The fraction of sp³-hybridized carbons (Fsp3) is 0.811. The van der Waals surface area contributed by atoms with Crippen LogP contribution in [0.2, 0.25) is 0 Å². The van der Waals surface area contributed by atoms with E-state index < -0.39 is 12.1 Å². The van der Waals surface area contributed by atoms with Crippen LogP contribution in [-0.2, 0) is 4.79 Å². The van der Waals surface area contributed by atoms with Crippen molar-refractivity contribution < 1.29 is 15.0 Å². The standard InChI is InChI=1S/C37H69NO3/c1-3-4-5-6-7-8-9-10-11-12-13-14-15-16-17-18-19-20-21-22-23-24-25-26-27-28-29-30-31-32-33-37(41)36(34-39)38-35(2)40/h24-25,28-29,32-33,36-37,39,41H,3-23,26-27,30-31,34H2,1-2H3,(H,38,40)/b25-24+,29-28+,33-32+. The van der Waals surface area contributed by atoms with Gasteiger partial charge in [-0.2, -0.15) is 0 Å². The fourth-order valence-electron chi connectivity index (χ4n) is 5.24. The van der Waals surface area contributed by atoms with Gasteiger partial charge in [0, 0.05) is 6.92 Å². The summed E-state index contributed by atoms with van der Waals surface area (Å²) in [6, 6.07) is -0.644. The van der Waals surface area contributed by atoms with Gasteiger partial charge in [-0.25, -0.2) is 0 Å². The monoisotopic (exact) mass is 576 g/mol. The lowest BCUT2D eigenvalue weighted by atomic mass is 10.0. The van der Waals surface area contributed by atoms with Crippen molar-refractivity contribution in [2.75, 3.05) is 6.61 Å². The number of unbranched alkanes of at least 4 members (excludes halogenated alkanes) is 22. The average molecular weight is 576 g/mol. The number of amides is 1. The van der Waals surface area contributed by atoms with Crippen molar-refractivity contribution >= 4 is 5.91 Å². The zero-order chi connectivity index (χ0) is 30.1. The Kier molecular flexibility index (Phi) is 32.0. The highest BCUT2D eigenvalue weighted by Gasteiger charge is 2.15. The lowest BCUT2D eigenvalue weighted by Crippen LogP contribution is -2.44. The average Bonchev–Trinajstić information content (AvgIpc) is 2.96. The molecule has 0 aliphatic heterocycles. The van der Waals surface area contributed by atoms with Crippen LogP contribution in [0.15, 0.2) is 36.5 Å². The van der Waals surface area contributed by atoms with Crippen LogP contribution in [0.4, 0.5) is 0 Å². The molecule has 0 rings (SSSR count). The van der Waals surface area contributed by atoms with E-state index in [2.05, 4.69) is 36.5 Å². The van der Waals surface area contributed by atoms with Gasteiger partial charge in [0.15, 0.2) is 0 Å². The molecule has 0 aromatic rings. The Bertz CT molecular complexity index is 628. The molecular weight excluding hydrogens is 506 g/mol. The predicted octanol–water partition coefficient (Wildman–Crippen LogP) is 10.3. The van der Waals surface area contributed by atoms with E-state index in [4.69, 9.17) is 0 Å². The van der Waals surface area contributed by atoms with Crippen molar-refractivity contribution in [1.82, 2.24) is 5.32 Å². The number of allylic oxidation sites excluding steroid dienone is 5. The summed E-state index contributed by atoms with van der Waals surface area (Å²) in [6.45, 7) is 3.39. The van der Waals surface area contributed by atoms with Crippen LogP contribution >= 0.6 is 0 Å². The smallest absolute Gasteiger partial charge is 0.217 e. The van der Waals surface area contributed by atoms with Gasteiger partial charge in [-0.05, 0) is 38.5 Å². The molecule has 0 saturated heterocycles. The summed E-state index contributed by atoms with van der Waals surface area (Å²) >= 11 is 0. The number of aliphatic hydroxyl groups is 2. The molecule has 0 heterocycles. The first-order valence-electron chi connectivity index (χ1n) is 17.6. The minimum absolute atomic E-state index is 0.255. The van der Waals surface area contributed by atoms with Crippen molar-refractivity contribution in [3.05, 3.63) is 36.5 Å². The Labute approximate surface area is 255 Å². The highest BCUT2D eigenvalue weighted by Crippen LogP contribution is 2.15. The number of carbonyl (C=O) groups is 1. The largest absolute Gasteiger partial charge is 0.394 e. The van der Waals surface area contributed by atoms with E-state index in [1.807, 2.05) is 6.08 Å². The van der Waals surface area contributed by atoms with Gasteiger partial charge in [-0.3, -0.25) is 4.79 Å². The molecule has 0 radical (unpaired) electrons. The molecule has 0 saturated carbocycles. The van der Waals surface area contributed by atoms with Gasteiger partial charge in [0.05, 0.1) is 18.8 Å². The molecule has 0 aromatic carbocycles. The highest BCUT2D eigenvalue weighted by molar-refractivity contribution is 5.73. The molecule has 41 heavy (non-hydrogen) atoms. The van der Waals surface area contributed by atoms with Gasteiger partial charge in [-0.15, -0.1) is 0 Å². The molecule has 2 unspecified atom stereocenters. The number of carbonyl (C=O) groups excluding carboxylic acids is 1. The normalized spacial score (nSPS) is 13.6. The van der Waals surface area contributed by atoms with Crippen molar-refractivity contribution in [1.29, 1.82) is 0 Å². The number of hydrogen-bond donors (Lipinski definition) is 3. The third kappa shape index (κ3) is 31.4. The third-order valence-electron chi connectivity index (χ3n) is 7.89. The van der Waals surface area contributed by atoms with E-state index in [1.165, 1.54) is 142 Å². The summed E-state index contributed by atoms with van der Waals surface area (Å²) in [5, 5.41) is 21.8. The number of aliphatic hydroxyl groups excluding tert-OH is 2. The molecule has 0 fully saturated rings. The minimum atomic E-state index is -0.864. The highest BCUT2D eigenvalue weighted by atomic mass is 16.3. The summed E-state index contributed by atoms with van der Waals surface area (Å²) in [6.07, 6.45) is 45.5. The molecule has 0 spiro atoms. The van der Waals surface area contributed by atoms with E-state index >= 15 is 0 Å². The van der Waals surface area contributed by atoms with Crippen LogP contribution in [0.3, 0.4) is 0 Å². The second-order valence-electron chi connectivity index (χ2n) is 12.0. The van der Waals surface area contributed by atoms with Gasteiger partial charge in [0.2, 0.25) is 5.91 Å². The van der Waals surface area contributed by atoms with Crippen molar-refractivity contribution in [2.45, 2.75) is 187 Å². The molecule has 240 valence electrons. The molecule has 0 aliphatic rings. The molecule has 3 N–H and O–H groups in total. The van der Waals surface area contributed by atoms with Gasteiger partial charge in [0.25, 0.3) is 0 Å². The zero-order valence-electron chi connectivity index (χ0n) is 27.3. The molecule has 0 aromatic heterocycles. The zero-order valence-corrected chi connectivity index (χ0v) is 27.3. The predicted molar refractivity (Wildman–Crippen MR) is 179 cm³/mol. The molecule has 2 atom stereocenters.